The van der Waals surface area contributed by atoms with E-state index in [2.05, 4.69) is 11.7 Å². The quantitative estimate of drug-likeness (QED) is 0.266. The molecule has 1 atom stereocenters. The van der Waals surface area contributed by atoms with Gasteiger partial charge in [0.05, 0.1) is 0 Å². The number of esters is 1. The molecule has 1 unspecified atom stereocenters. The molecule has 0 radical (unpaired) electrons. The maximum atomic E-state index is 12.3. The van der Waals surface area contributed by atoms with Crippen molar-refractivity contribution in [1.29, 1.82) is 0 Å². The van der Waals surface area contributed by atoms with Gasteiger partial charge in [-0.25, -0.2) is 0 Å². The standard InChI is InChI=1S/C20H32O3Se/c1-3-4-5-6-7-8-9-10-11-12-17-24(22)19-15-13-18(14-16-19)20(21)23-2/h13-16H,3-12,17H2,1-2H3. The van der Waals surface area contributed by atoms with Gasteiger partial charge in [-0.1, -0.05) is 0 Å². The van der Waals surface area contributed by atoms with Crippen LogP contribution in [0.1, 0.15) is 81.5 Å². The van der Waals surface area contributed by atoms with Gasteiger partial charge in [0.25, 0.3) is 0 Å². The average Bonchev–Trinajstić information content (AvgIpc) is 2.62. The van der Waals surface area contributed by atoms with E-state index in [-0.39, 0.29) is 5.97 Å². The second kappa shape index (κ2) is 13.3. The molecule has 0 aliphatic carbocycles. The van der Waals surface area contributed by atoms with Gasteiger partial charge >= 0.3 is 151 Å². The molecule has 0 fully saturated rings. The first-order valence-electron chi connectivity index (χ1n) is 9.25. The molecule has 0 heterocycles. The van der Waals surface area contributed by atoms with E-state index < -0.39 is 13.8 Å². The monoisotopic (exact) mass is 400 g/mol. The van der Waals surface area contributed by atoms with Gasteiger partial charge in [0, 0.05) is 0 Å². The zero-order valence-electron chi connectivity index (χ0n) is 15.2. The van der Waals surface area contributed by atoms with Gasteiger partial charge in [-0.05, 0) is 0 Å². The Morgan fingerprint density at radius 1 is 0.875 bits per heavy atom. The number of carbonyl (C=O) groups is 1. The van der Waals surface area contributed by atoms with Crippen molar-refractivity contribution in [3.8, 4) is 0 Å². The second-order valence-electron chi connectivity index (χ2n) is 6.25. The van der Waals surface area contributed by atoms with E-state index in [1.807, 2.05) is 0 Å². The van der Waals surface area contributed by atoms with Crippen molar-refractivity contribution in [2.45, 2.75) is 76.5 Å². The summed E-state index contributed by atoms with van der Waals surface area (Å²) in [5.41, 5.74) is 0.513. The molecule has 1 rings (SSSR count). The van der Waals surface area contributed by atoms with E-state index >= 15 is 0 Å². The molecule has 0 aliphatic heterocycles. The number of benzene rings is 1. The Kier molecular flexibility index (Phi) is 11.7. The first-order chi connectivity index (χ1) is 11.7. The number of unbranched alkanes of at least 4 members (excludes halogenated alkanes) is 9. The van der Waals surface area contributed by atoms with Crippen molar-refractivity contribution < 1.29 is 13.4 Å². The number of rotatable bonds is 13. The minimum atomic E-state index is -1.96. The molecule has 4 heteroatoms. The third-order valence-electron chi connectivity index (χ3n) is 4.22. The normalized spacial score (nSPS) is 12.1. The molecular weight excluding hydrogens is 367 g/mol. The van der Waals surface area contributed by atoms with Crippen LogP contribution < -0.4 is 4.46 Å². The Morgan fingerprint density at radius 2 is 1.38 bits per heavy atom. The molecule has 3 nitrogen and oxygen atoms in total. The van der Waals surface area contributed by atoms with Gasteiger partial charge in [-0.2, -0.15) is 0 Å². The van der Waals surface area contributed by atoms with Crippen molar-refractivity contribution in [2.24, 2.45) is 0 Å². The molecule has 0 amide bonds. The third kappa shape index (κ3) is 8.75. The van der Waals surface area contributed by atoms with Crippen LogP contribution in [0.2, 0.25) is 5.32 Å². The number of hydrogen-bond donors (Lipinski definition) is 0. The Balaban J connectivity index is 2.10. The van der Waals surface area contributed by atoms with Gasteiger partial charge < -0.3 is 0 Å². The Bertz CT molecular complexity index is 482. The summed E-state index contributed by atoms with van der Waals surface area (Å²) >= 11 is -1.96. The SMILES string of the molecule is CCCCCCCCCCCC[Se](=O)c1ccc(C(=O)OC)cc1. The molecule has 0 saturated heterocycles. The summed E-state index contributed by atoms with van der Waals surface area (Å²) in [7, 11) is 1.37. The van der Waals surface area contributed by atoms with Gasteiger partial charge in [-0.3, -0.25) is 0 Å². The van der Waals surface area contributed by atoms with E-state index in [1.165, 1.54) is 64.9 Å². The summed E-state index contributed by atoms with van der Waals surface area (Å²) < 4.78 is 17.9. The molecule has 24 heavy (non-hydrogen) atoms. The van der Waals surface area contributed by atoms with Crippen LogP contribution in [0.4, 0.5) is 0 Å². The van der Waals surface area contributed by atoms with Gasteiger partial charge in [0.2, 0.25) is 0 Å². The summed E-state index contributed by atoms with van der Waals surface area (Å²) in [5, 5.41) is 0.800. The first kappa shape index (κ1) is 21.1. The Hall–Kier alpha value is -0.991. The third-order valence-corrected chi connectivity index (χ3v) is 7.28. The Morgan fingerprint density at radius 3 is 1.88 bits per heavy atom. The summed E-state index contributed by atoms with van der Waals surface area (Å²) in [5.74, 6) is -0.348. The van der Waals surface area contributed by atoms with Crippen LogP contribution in [-0.2, 0) is 8.57 Å². The molecule has 0 saturated carbocycles. The van der Waals surface area contributed by atoms with Gasteiger partial charge in [0.15, 0.2) is 0 Å². The number of methoxy groups -OCH3 is 1. The maximum absolute atomic E-state index is 12.3. The van der Waals surface area contributed by atoms with Crippen LogP contribution in [0.3, 0.4) is 0 Å². The van der Waals surface area contributed by atoms with Crippen LogP contribution in [-0.4, -0.2) is 26.9 Å². The van der Waals surface area contributed by atoms with Crippen molar-refractivity contribution in [2.75, 3.05) is 7.11 Å². The topological polar surface area (TPSA) is 43.4 Å². The fourth-order valence-corrected chi connectivity index (χ4v) is 5.09. The molecule has 0 bridgehead atoms. The van der Waals surface area contributed by atoms with Crippen LogP contribution in [0.5, 0.6) is 0 Å². The fourth-order valence-electron chi connectivity index (χ4n) is 2.70. The van der Waals surface area contributed by atoms with E-state index in [9.17, 15) is 8.63 Å². The van der Waals surface area contributed by atoms with E-state index in [0.29, 0.717) is 5.56 Å². The second-order valence-corrected chi connectivity index (χ2v) is 9.54. The molecule has 1 aromatic carbocycles. The van der Waals surface area contributed by atoms with E-state index in [1.54, 1.807) is 24.3 Å². The zero-order valence-corrected chi connectivity index (χ0v) is 16.9. The van der Waals surface area contributed by atoms with Gasteiger partial charge in [0.1, 0.15) is 0 Å². The summed E-state index contributed by atoms with van der Waals surface area (Å²) in [4.78, 5) is 11.4. The molecule has 0 spiro atoms. The van der Waals surface area contributed by atoms with Crippen LogP contribution in [0.15, 0.2) is 24.3 Å². The number of hydrogen-bond acceptors (Lipinski definition) is 3. The summed E-state index contributed by atoms with van der Waals surface area (Å²) in [6.45, 7) is 2.25. The summed E-state index contributed by atoms with van der Waals surface area (Å²) in [6.07, 6.45) is 12.9. The molecule has 0 N–H and O–H groups in total. The first-order valence-corrected chi connectivity index (χ1v) is 12.0. The molecule has 1 aromatic rings. The van der Waals surface area contributed by atoms with Crippen molar-refractivity contribution >= 4 is 24.3 Å². The fraction of sp³-hybridized carbons (Fsp3) is 0.650. The molecule has 136 valence electrons. The van der Waals surface area contributed by atoms with Crippen LogP contribution >= 0.6 is 0 Å². The van der Waals surface area contributed by atoms with Crippen molar-refractivity contribution in [1.82, 2.24) is 0 Å². The zero-order chi connectivity index (χ0) is 17.6. The number of ether oxygens (including phenoxy) is 1. The average molecular weight is 399 g/mol. The summed E-state index contributed by atoms with van der Waals surface area (Å²) in [6, 6.07) is 7.02. The van der Waals surface area contributed by atoms with Crippen molar-refractivity contribution in [3.63, 3.8) is 0 Å². The minimum absolute atomic E-state index is 0.348. The predicted octanol–water partition coefficient (Wildman–Crippen LogP) is 5.02. The van der Waals surface area contributed by atoms with E-state index in [4.69, 9.17) is 0 Å². The van der Waals surface area contributed by atoms with Gasteiger partial charge in [-0.15, -0.1) is 0 Å². The Labute approximate surface area is 151 Å². The molecule has 0 aliphatic rings. The number of carbonyl (C=O) groups excluding carboxylic acids is 1. The van der Waals surface area contributed by atoms with Crippen LogP contribution in [0, 0.1) is 0 Å². The molecule has 0 aromatic heterocycles. The predicted molar refractivity (Wildman–Crippen MR) is 101 cm³/mol. The van der Waals surface area contributed by atoms with E-state index in [0.717, 1.165) is 16.2 Å². The van der Waals surface area contributed by atoms with Crippen LogP contribution in [0.25, 0.3) is 0 Å². The van der Waals surface area contributed by atoms with Crippen molar-refractivity contribution in [3.05, 3.63) is 29.8 Å². The molecular formula is C20H32O3Se.